The van der Waals surface area contributed by atoms with Gasteiger partial charge in [-0.05, 0) is 40.5 Å². The van der Waals surface area contributed by atoms with E-state index in [2.05, 4.69) is 27.2 Å². The summed E-state index contributed by atoms with van der Waals surface area (Å²) in [5, 5.41) is 3.29. The van der Waals surface area contributed by atoms with E-state index >= 15 is 0 Å². The number of carbonyl (C=O) groups excluding carboxylic acids is 1. The number of rotatable bonds is 4. The number of hydrogen-bond donors (Lipinski definition) is 1. The predicted octanol–water partition coefficient (Wildman–Crippen LogP) is 3.63. The maximum Gasteiger partial charge on any atom is 0.252 e. The minimum absolute atomic E-state index is 0.198. The van der Waals surface area contributed by atoms with Crippen LogP contribution >= 0.6 is 27.5 Å². The standard InChI is InChI=1S/C13H13BrClNO/c1-3-5-10(4-2)16-13(17)9-6-7-11(14)12(15)8-9/h2,6-8,10H,3,5H2,1H3,(H,16,17). The number of terminal acetylenes is 1. The molecule has 0 bridgehead atoms. The monoisotopic (exact) mass is 313 g/mol. The van der Waals surface area contributed by atoms with Crippen molar-refractivity contribution >= 4 is 33.4 Å². The molecule has 1 rings (SSSR count). The minimum Gasteiger partial charge on any atom is -0.338 e. The van der Waals surface area contributed by atoms with Gasteiger partial charge in [0.15, 0.2) is 0 Å². The van der Waals surface area contributed by atoms with E-state index in [0.717, 1.165) is 17.3 Å². The van der Waals surface area contributed by atoms with E-state index in [1.807, 2.05) is 6.92 Å². The van der Waals surface area contributed by atoms with Gasteiger partial charge < -0.3 is 5.32 Å². The molecule has 1 amide bonds. The molecular weight excluding hydrogens is 302 g/mol. The smallest absolute Gasteiger partial charge is 0.252 e. The van der Waals surface area contributed by atoms with E-state index in [9.17, 15) is 4.79 Å². The maximum atomic E-state index is 11.9. The van der Waals surface area contributed by atoms with Crippen molar-refractivity contribution in [3.8, 4) is 12.3 Å². The summed E-state index contributed by atoms with van der Waals surface area (Å²) in [5.74, 6) is 2.36. The van der Waals surface area contributed by atoms with Crippen LogP contribution in [0.25, 0.3) is 0 Å². The SMILES string of the molecule is C#CC(CCC)NC(=O)c1ccc(Br)c(Cl)c1. The molecule has 1 aromatic rings. The quantitative estimate of drug-likeness (QED) is 0.845. The molecular formula is C13H13BrClNO. The molecule has 0 saturated heterocycles. The number of nitrogens with one attached hydrogen (secondary N) is 1. The zero-order chi connectivity index (χ0) is 12.8. The van der Waals surface area contributed by atoms with Crippen molar-refractivity contribution in [2.45, 2.75) is 25.8 Å². The van der Waals surface area contributed by atoms with Crippen LogP contribution in [0.1, 0.15) is 30.1 Å². The van der Waals surface area contributed by atoms with Gasteiger partial charge in [0.1, 0.15) is 0 Å². The van der Waals surface area contributed by atoms with Crippen LogP contribution in [0.5, 0.6) is 0 Å². The molecule has 0 heterocycles. The van der Waals surface area contributed by atoms with Gasteiger partial charge in [-0.2, -0.15) is 0 Å². The van der Waals surface area contributed by atoms with Crippen molar-refractivity contribution in [1.29, 1.82) is 0 Å². The summed E-state index contributed by atoms with van der Waals surface area (Å²) < 4.78 is 0.762. The van der Waals surface area contributed by atoms with Gasteiger partial charge in [-0.15, -0.1) is 6.42 Å². The van der Waals surface area contributed by atoms with Crippen LogP contribution in [0, 0.1) is 12.3 Å². The second-order valence-corrected chi connectivity index (χ2v) is 4.87. The van der Waals surface area contributed by atoms with Crippen molar-refractivity contribution in [2.75, 3.05) is 0 Å². The van der Waals surface area contributed by atoms with Gasteiger partial charge in [0.05, 0.1) is 11.1 Å². The topological polar surface area (TPSA) is 29.1 Å². The van der Waals surface area contributed by atoms with E-state index in [-0.39, 0.29) is 11.9 Å². The lowest BCUT2D eigenvalue weighted by Crippen LogP contribution is -2.33. The first-order valence-electron chi connectivity index (χ1n) is 5.30. The first-order valence-corrected chi connectivity index (χ1v) is 6.47. The fourth-order valence-electron chi connectivity index (χ4n) is 1.36. The predicted molar refractivity (Wildman–Crippen MR) is 74.1 cm³/mol. The highest BCUT2D eigenvalue weighted by Gasteiger charge is 2.11. The van der Waals surface area contributed by atoms with Crippen molar-refractivity contribution in [3.63, 3.8) is 0 Å². The first kappa shape index (κ1) is 14.1. The molecule has 0 aliphatic heterocycles. The number of hydrogen-bond acceptors (Lipinski definition) is 1. The van der Waals surface area contributed by atoms with Crippen LogP contribution in [0.4, 0.5) is 0 Å². The molecule has 0 aliphatic carbocycles. The number of amides is 1. The largest absolute Gasteiger partial charge is 0.338 e. The summed E-state index contributed by atoms with van der Waals surface area (Å²) in [6, 6.07) is 4.82. The minimum atomic E-state index is -0.227. The number of benzene rings is 1. The Morgan fingerprint density at radius 2 is 2.35 bits per heavy atom. The Bertz CT molecular complexity index is 453. The molecule has 1 aromatic carbocycles. The Morgan fingerprint density at radius 3 is 2.88 bits per heavy atom. The second kappa shape index (κ2) is 6.68. The number of halogens is 2. The van der Waals surface area contributed by atoms with Gasteiger partial charge >= 0.3 is 0 Å². The van der Waals surface area contributed by atoms with Crippen LogP contribution in [0.3, 0.4) is 0 Å². The van der Waals surface area contributed by atoms with E-state index in [1.54, 1.807) is 18.2 Å². The fraction of sp³-hybridized carbons (Fsp3) is 0.308. The van der Waals surface area contributed by atoms with Gasteiger partial charge in [0.2, 0.25) is 0 Å². The normalized spacial score (nSPS) is 11.6. The third-order valence-electron chi connectivity index (χ3n) is 2.27. The zero-order valence-electron chi connectivity index (χ0n) is 9.47. The maximum absolute atomic E-state index is 11.9. The Balaban J connectivity index is 2.76. The van der Waals surface area contributed by atoms with E-state index in [0.29, 0.717) is 10.6 Å². The van der Waals surface area contributed by atoms with Crippen LogP contribution in [0.15, 0.2) is 22.7 Å². The van der Waals surface area contributed by atoms with Crippen LogP contribution in [-0.2, 0) is 0 Å². The summed E-state index contributed by atoms with van der Waals surface area (Å²) in [6.45, 7) is 2.02. The molecule has 0 aliphatic rings. The molecule has 17 heavy (non-hydrogen) atoms. The van der Waals surface area contributed by atoms with Crippen molar-refractivity contribution < 1.29 is 4.79 Å². The molecule has 0 spiro atoms. The Hall–Kier alpha value is -0.980. The van der Waals surface area contributed by atoms with Gasteiger partial charge in [0.25, 0.3) is 5.91 Å². The van der Waals surface area contributed by atoms with E-state index in [1.165, 1.54) is 0 Å². The van der Waals surface area contributed by atoms with Crippen LogP contribution in [-0.4, -0.2) is 11.9 Å². The summed E-state index contributed by atoms with van der Waals surface area (Å²) >= 11 is 9.19. The summed E-state index contributed by atoms with van der Waals surface area (Å²) in [6.07, 6.45) is 7.04. The Morgan fingerprint density at radius 1 is 1.65 bits per heavy atom. The molecule has 1 N–H and O–H groups in total. The van der Waals surface area contributed by atoms with Crippen LogP contribution in [0.2, 0.25) is 5.02 Å². The number of carbonyl (C=O) groups is 1. The van der Waals surface area contributed by atoms with Gasteiger partial charge in [0, 0.05) is 10.0 Å². The molecule has 0 radical (unpaired) electrons. The molecule has 0 saturated carbocycles. The van der Waals surface area contributed by atoms with E-state index < -0.39 is 0 Å². The molecule has 90 valence electrons. The molecule has 1 unspecified atom stereocenters. The molecule has 0 fully saturated rings. The molecule has 0 aromatic heterocycles. The van der Waals surface area contributed by atoms with Gasteiger partial charge in [-0.3, -0.25) is 4.79 Å². The van der Waals surface area contributed by atoms with E-state index in [4.69, 9.17) is 18.0 Å². The van der Waals surface area contributed by atoms with Crippen LogP contribution < -0.4 is 5.32 Å². The summed E-state index contributed by atoms with van der Waals surface area (Å²) in [5.41, 5.74) is 0.509. The highest BCUT2D eigenvalue weighted by atomic mass is 79.9. The lowest BCUT2D eigenvalue weighted by atomic mass is 10.1. The third kappa shape index (κ3) is 4.07. The first-order chi connectivity index (χ1) is 8.08. The van der Waals surface area contributed by atoms with Crippen molar-refractivity contribution in [1.82, 2.24) is 5.32 Å². The summed E-state index contributed by atoms with van der Waals surface area (Å²) in [4.78, 5) is 11.9. The zero-order valence-corrected chi connectivity index (χ0v) is 11.8. The van der Waals surface area contributed by atoms with Crippen molar-refractivity contribution in [2.24, 2.45) is 0 Å². The Labute approximate surface area is 115 Å². The third-order valence-corrected chi connectivity index (χ3v) is 3.50. The lowest BCUT2D eigenvalue weighted by Gasteiger charge is -2.12. The fourth-order valence-corrected chi connectivity index (χ4v) is 1.79. The highest BCUT2D eigenvalue weighted by Crippen LogP contribution is 2.23. The lowest BCUT2D eigenvalue weighted by molar-refractivity contribution is 0.0944. The average Bonchev–Trinajstić information content (AvgIpc) is 2.31. The highest BCUT2D eigenvalue weighted by molar-refractivity contribution is 9.10. The van der Waals surface area contributed by atoms with Crippen molar-refractivity contribution in [3.05, 3.63) is 33.3 Å². The van der Waals surface area contributed by atoms with Gasteiger partial charge in [-0.25, -0.2) is 0 Å². The summed E-state index contributed by atoms with van der Waals surface area (Å²) in [7, 11) is 0. The average molecular weight is 315 g/mol. The molecule has 4 heteroatoms. The second-order valence-electron chi connectivity index (χ2n) is 3.61. The van der Waals surface area contributed by atoms with Gasteiger partial charge in [-0.1, -0.05) is 30.9 Å². The molecule has 2 nitrogen and oxygen atoms in total. The molecule has 1 atom stereocenters. The Kier molecular flexibility index (Phi) is 5.54.